The molecule has 2 aromatic heterocycles. The van der Waals surface area contributed by atoms with E-state index in [0.29, 0.717) is 5.92 Å². The predicted molar refractivity (Wildman–Crippen MR) is 184 cm³/mol. The van der Waals surface area contributed by atoms with Gasteiger partial charge < -0.3 is 9.13 Å². The van der Waals surface area contributed by atoms with E-state index in [4.69, 9.17) is 0 Å². The van der Waals surface area contributed by atoms with Crippen LogP contribution < -0.4 is 0 Å². The molecule has 1 unspecified atom stereocenters. The molecule has 0 amide bonds. The van der Waals surface area contributed by atoms with Crippen molar-refractivity contribution in [1.29, 1.82) is 0 Å². The molecule has 0 spiro atoms. The highest BCUT2D eigenvalue weighted by atomic mass is 15.0. The quantitative estimate of drug-likeness (QED) is 0.205. The van der Waals surface area contributed by atoms with Gasteiger partial charge >= 0.3 is 0 Å². The summed E-state index contributed by atoms with van der Waals surface area (Å²) in [5, 5.41) is 3.93. The molecule has 0 bridgehead atoms. The Hall–Kier alpha value is -4.82. The van der Waals surface area contributed by atoms with Gasteiger partial charge in [-0.25, -0.2) is 0 Å². The number of rotatable bonds is 3. The van der Waals surface area contributed by atoms with Crippen LogP contribution in [-0.4, -0.2) is 9.13 Å². The molecule has 2 heteroatoms. The third-order valence-corrected chi connectivity index (χ3v) is 9.27. The summed E-state index contributed by atoms with van der Waals surface area (Å²) in [7, 11) is 0. The molecular formula is C41H36N2. The van der Waals surface area contributed by atoms with E-state index in [0.717, 1.165) is 6.42 Å². The van der Waals surface area contributed by atoms with Gasteiger partial charge in [0.25, 0.3) is 0 Å². The van der Waals surface area contributed by atoms with Gasteiger partial charge in [0.1, 0.15) is 0 Å². The van der Waals surface area contributed by atoms with Crippen LogP contribution in [0, 0.1) is 0 Å². The van der Waals surface area contributed by atoms with E-state index in [1.807, 2.05) is 0 Å². The maximum Gasteiger partial charge on any atom is 0.0541 e. The zero-order valence-corrected chi connectivity index (χ0v) is 25.3. The lowest BCUT2D eigenvalue weighted by molar-refractivity contribution is 0.591. The van der Waals surface area contributed by atoms with Crippen molar-refractivity contribution in [3.8, 4) is 22.5 Å². The molecule has 1 aliphatic carbocycles. The number of benzene rings is 5. The highest BCUT2D eigenvalue weighted by molar-refractivity contribution is 6.09. The van der Waals surface area contributed by atoms with Crippen molar-refractivity contribution in [2.75, 3.05) is 0 Å². The summed E-state index contributed by atoms with van der Waals surface area (Å²) in [6, 6.07) is 42.7. The average molecular weight is 557 g/mol. The van der Waals surface area contributed by atoms with Crippen LogP contribution in [0.4, 0.5) is 0 Å². The number of para-hydroxylation sites is 2. The molecule has 0 N–H and O–H groups in total. The minimum Gasteiger partial charge on any atom is -0.313 e. The fourth-order valence-corrected chi connectivity index (χ4v) is 7.09. The lowest BCUT2D eigenvalue weighted by Crippen LogP contribution is -2.10. The fourth-order valence-electron chi connectivity index (χ4n) is 7.09. The topological polar surface area (TPSA) is 9.86 Å². The standard InChI is InChI=1S/C41H36N2/c1-27-12-9-19-35-33-17-5-8-21-38(33)43(40(27)35)32-16-11-14-29(25-32)28-13-10-15-31(24-28)42-37-20-7-6-18-34(37)36-26-30(41(2,3)4)22-23-39(36)42/h5-11,13-27H,12H2,1-4H3. The van der Waals surface area contributed by atoms with Crippen molar-refractivity contribution >= 4 is 38.8 Å². The minimum absolute atomic E-state index is 0.0979. The first-order chi connectivity index (χ1) is 20.9. The first-order valence-corrected chi connectivity index (χ1v) is 15.4. The van der Waals surface area contributed by atoms with Gasteiger partial charge in [0.2, 0.25) is 0 Å². The maximum absolute atomic E-state index is 2.49. The van der Waals surface area contributed by atoms with Crippen LogP contribution in [0.3, 0.4) is 0 Å². The summed E-state index contributed by atoms with van der Waals surface area (Å²) < 4.78 is 4.92. The predicted octanol–water partition coefficient (Wildman–Crippen LogP) is 11.2. The lowest BCUT2D eigenvalue weighted by atomic mass is 9.86. The number of hydrogen-bond acceptors (Lipinski definition) is 0. The summed E-state index contributed by atoms with van der Waals surface area (Å²) in [4.78, 5) is 0. The molecule has 1 aliphatic rings. The van der Waals surface area contributed by atoms with E-state index < -0.39 is 0 Å². The molecule has 2 heterocycles. The highest BCUT2D eigenvalue weighted by Gasteiger charge is 2.23. The van der Waals surface area contributed by atoms with E-state index in [9.17, 15) is 0 Å². The van der Waals surface area contributed by atoms with Crippen molar-refractivity contribution in [2.24, 2.45) is 0 Å². The zero-order chi connectivity index (χ0) is 29.3. The van der Waals surface area contributed by atoms with Crippen molar-refractivity contribution in [1.82, 2.24) is 9.13 Å². The van der Waals surface area contributed by atoms with Crippen LogP contribution >= 0.6 is 0 Å². The van der Waals surface area contributed by atoms with Crippen LogP contribution in [0.15, 0.2) is 121 Å². The summed E-state index contributed by atoms with van der Waals surface area (Å²) in [5.74, 6) is 0.466. The van der Waals surface area contributed by atoms with E-state index in [-0.39, 0.29) is 5.41 Å². The molecule has 210 valence electrons. The Bertz CT molecular complexity index is 2210. The first kappa shape index (κ1) is 25.9. The Morgan fingerprint density at radius 2 is 1.19 bits per heavy atom. The van der Waals surface area contributed by atoms with Crippen LogP contribution in [0.2, 0.25) is 0 Å². The largest absolute Gasteiger partial charge is 0.313 e. The van der Waals surface area contributed by atoms with E-state index in [1.54, 1.807) is 0 Å². The molecule has 0 saturated heterocycles. The number of aromatic nitrogens is 2. The SMILES string of the molecule is CC1CC=Cc2c1n(-c1cccc(-c3cccc(-n4c5ccccc5c5cc(C(C)(C)C)ccc54)c3)c1)c1ccccc21. The zero-order valence-electron chi connectivity index (χ0n) is 25.3. The summed E-state index contributed by atoms with van der Waals surface area (Å²) in [6.07, 6.45) is 5.71. The van der Waals surface area contributed by atoms with Gasteiger partial charge in [-0.1, -0.05) is 107 Å². The Morgan fingerprint density at radius 3 is 1.88 bits per heavy atom. The molecule has 5 aromatic carbocycles. The molecule has 8 rings (SSSR count). The molecule has 0 fully saturated rings. The van der Waals surface area contributed by atoms with Gasteiger partial charge in [-0.15, -0.1) is 0 Å². The summed E-state index contributed by atoms with van der Waals surface area (Å²) in [6.45, 7) is 9.21. The molecule has 0 aliphatic heterocycles. The van der Waals surface area contributed by atoms with E-state index in [2.05, 4.69) is 164 Å². The summed E-state index contributed by atoms with van der Waals surface area (Å²) >= 11 is 0. The second-order valence-electron chi connectivity index (χ2n) is 13.1. The van der Waals surface area contributed by atoms with Gasteiger partial charge in [-0.05, 0) is 77.1 Å². The average Bonchev–Trinajstić information content (AvgIpc) is 3.54. The van der Waals surface area contributed by atoms with Gasteiger partial charge in [0.15, 0.2) is 0 Å². The molecular weight excluding hydrogens is 520 g/mol. The normalized spacial score (nSPS) is 15.0. The molecule has 43 heavy (non-hydrogen) atoms. The van der Waals surface area contributed by atoms with Crippen molar-refractivity contribution in [3.63, 3.8) is 0 Å². The summed E-state index contributed by atoms with van der Waals surface area (Å²) in [5.41, 5.74) is 12.8. The number of hydrogen-bond donors (Lipinski definition) is 0. The van der Waals surface area contributed by atoms with Crippen molar-refractivity contribution in [2.45, 2.75) is 45.4 Å². The Morgan fingerprint density at radius 1 is 0.581 bits per heavy atom. The van der Waals surface area contributed by atoms with E-state index >= 15 is 0 Å². The van der Waals surface area contributed by atoms with Gasteiger partial charge in [0.05, 0.1) is 16.6 Å². The van der Waals surface area contributed by atoms with Gasteiger partial charge in [-0.2, -0.15) is 0 Å². The van der Waals surface area contributed by atoms with Crippen molar-refractivity contribution in [3.05, 3.63) is 138 Å². The number of nitrogens with zero attached hydrogens (tertiary/aromatic N) is 2. The fraction of sp³-hybridized carbons (Fsp3) is 0.171. The van der Waals surface area contributed by atoms with Gasteiger partial charge in [-0.3, -0.25) is 0 Å². The Kier molecular flexibility index (Phi) is 5.78. The molecule has 1 atom stereocenters. The Balaban J connectivity index is 1.29. The second-order valence-corrected chi connectivity index (χ2v) is 13.1. The third-order valence-electron chi connectivity index (χ3n) is 9.27. The van der Waals surface area contributed by atoms with E-state index in [1.165, 1.54) is 72.0 Å². The molecule has 2 nitrogen and oxygen atoms in total. The van der Waals surface area contributed by atoms with Crippen LogP contribution in [0.25, 0.3) is 61.3 Å². The molecule has 0 radical (unpaired) electrons. The monoisotopic (exact) mass is 556 g/mol. The third kappa shape index (κ3) is 4.08. The van der Waals surface area contributed by atoms with Crippen LogP contribution in [0.1, 0.15) is 56.9 Å². The smallest absolute Gasteiger partial charge is 0.0541 e. The lowest BCUT2D eigenvalue weighted by Gasteiger charge is -2.20. The number of allylic oxidation sites excluding steroid dienone is 1. The molecule has 7 aromatic rings. The van der Waals surface area contributed by atoms with Gasteiger partial charge in [0, 0.05) is 44.7 Å². The number of fused-ring (bicyclic) bond motifs is 6. The maximum atomic E-state index is 2.49. The highest BCUT2D eigenvalue weighted by Crippen LogP contribution is 2.40. The molecule has 0 saturated carbocycles. The van der Waals surface area contributed by atoms with Crippen LogP contribution in [-0.2, 0) is 5.41 Å². The Labute approximate surface area is 253 Å². The first-order valence-electron chi connectivity index (χ1n) is 15.4. The second kappa shape index (κ2) is 9.61. The van der Waals surface area contributed by atoms with Crippen LogP contribution in [0.5, 0.6) is 0 Å². The minimum atomic E-state index is 0.0979. The van der Waals surface area contributed by atoms with Crippen molar-refractivity contribution < 1.29 is 0 Å².